The molecule has 1 aromatic heterocycles. The first-order valence-corrected chi connectivity index (χ1v) is 5.47. The molecule has 0 unspecified atom stereocenters. The maximum atomic E-state index is 5.39. The maximum Gasteiger partial charge on any atom is 0.240 e. The molecule has 0 saturated carbocycles. The van der Waals surface area contributed by atoms with Gasteiger partial charge in [-0.2, -0.15) is 4.98 Å². The quantitative estimate of drug-likeness (QED) is 0.877. The Morgan fingerprint density at radius 3 is 2.76 bits per heavy atom. The summed E-state index contributed by atoms with van der Waals surface area (Å²) in [4.78, 5) is 4.10. The third kappa shape index (κ3) is 2.79. The van der Waals surface area contributed by atoms with Crippen molar-refractivity contribution in [1.29, 1.82) is 0 Å². The van der Waals surface area contributed by atoms with Gasteiger partial charge in [-0.15, -0.1) is 0 Å². The van der Waals surface area contributed by atoms with Crippen molar-refractivity contribution in [1.82, 2.24) is 10.1 Å². The smallest absolute Gasteiger partial charge is 0.240 e. The van der Waals surface area contributed by atoms with Gasteiger partial charge in [-0.3, -0.25) is 0 Å². The second-order valence-corrected chi connectivity index (χ2v) is 3.94. The highest BCUT2D eigenvalue weighted by molar-refractivity contribution is 5.68. The molecule has 1 aromatic carbocycles. The Morgan fingerprint density at radius 2 is 2.12 bits per heavy atom. The van der Waals surface area contributed by atoms with Crippen LogP contribution in [0.4, 0.5) is 0 Å². The molecule has 0 aliphatic rings. The molecule has 88 valence electrons. The molecule has 2 rings (SSSR count). The van der Waals surface area contributed by atoms with Crippen molar-refractivity contribution >= 4 is 12.2 Å². The van der Waals surface area contributed by atoms with Gasteiger partial charge in [0.2, 0.25) is 5.89 Å². The highest BCUT2D eigenvalue weighted by Gasteiger charge is 2.00. The van der Waals surface area contributed by atoms with Crippen LogP contribution in [0.1, 0.15) is 28.4 Å². The summed E-state index contributed by atoms with van der Waals surface area (Å²) in [5, 5.41) is 3.80. The van der Waals surface area contributed by atoms with Crippen LogP contribution in [0.2, 0.25) is 0 Å². The topological polar surface area (TPSA) is 64.9 Å². The first-order valence-electron chi connectivity index (χ1n) is 5.47. The standard InChI is InChI=1S/C13H15N3O/c1-9-3-4-11(10(2)7-9)5-6-12-15-13(8-14)17-16-12/h3-7H,8,14H2,1-2H3/b6-5+. The molecule has 0 spiro atoms. The summed E-state index contributed by atoms with van der Waals surface area (Å²) < 4.78 is 4.91. The lowest BCUT2D eigenvalue weighted by atomic mass is 10.1. The van der Waals surface area contributed by atoms with Crippen molar-refractivity contribution in [3.05, 3.63) is 46.6 Å². The predicted molar refractivity (Wildman–Crippen MR) is 67.0 cm³/mol. The summed E-state index contributed by atoms with van der Waals surface area (Å²) >= 11 is 0. The molecule has 0 saturated heterocycles. The molecule has 4 heteroatoms. The van der Waals surface area contributed by atoms with E-state index in [0.717, 1.165) is 5.56 Å². The molecule has 4 nitrogen and oxygen atoms in total. The molecule has 2 N–H and O–H groups in total. The third-order valence-corrected chi connectivity index (χ3v) is 2.50. The molecule has 0 aliphatic heterocycles. The SMILES string of the molecule is Cc1ccc(/C=C/c2noc(CN)n2)c(C)c1. The Hall–Kier alpha value is -1.94. The molecule has 2 aromatic rings. The Bertz CT molecular complexity index is 543. The lowest BCUT2D eigenvalue weighted by Gasteiger charge is -2.00. The number of aryl methyl sites for hydroxylation is 2. The average molecular weight is 229 g/mol. The molecule has 0 aliphatic carbocycles. The third-order valence-electron chi connectivity index (χ3n) is 2.50. The number of aromatic nitrogens is 2. The number of nitrogens with zero attached hydrogens (tertiary/aromatic N) is 2. The zero-order valence-corrected chi connectivity index (χ0v) is 9.97. The summed E-state index contributed by atoms with van der Waals surface area (Å²) in [7, 11) is 0. The molecule has 0 bridgehead atoms. The fraction of sp³-hybridized carbons (Fsp3) is 0.231. The zero-order valence-electron chi connectivity index (χ0n) is 9.97. The van der Waals surface area contributed by atoms with Crippen LogP contribution in [0, 0.1) is 13.8 Å². The fourth-order valence-corrected chi connectivity index (χ4v) is 1.60. The predicted octanol–water partition coefficient (Wildman–Crippen LogP) is 2.32. The van der Waals surface area contributed by atoms with E-state index in [1.807, 2.05) is 12.2 Å². The second-order valence-electron chi connectivity index (χ2n) is 3.94. The molecule has 17 heavy (non-hydrogen) atoms. The van der Waals surface area contributed by atoms with Crippen LogP contribution in [-0.2, 0) is 6.54 Å². The number of benzene rings is 1. The van der Waals surface area contributed by atoms with Crippen LogP contribution in [-0.4, -0.2) is 10.1 Å². The van der Waals surface area contributed by atoms with Gasteiger partial charge in [-0.25, -0.2) is 0 Å². The van der Waals surface area contributed by atoms with Gasteiger partial charge in [0.25, 0.3) is 0 Å². The van der Waals surface area contributed by atoms with E-state index in [-0.39, 0.29) is 6.54 Å². The lowest BCUT2D eigenvalue weighted by Crippen LogP contribution is -1.95. The Morgan fingerprint density at radius 1 is 1.29 bits per heavy atom. The number of nitrogens with two attached hydrogens (primary N) is 1. The fourth-order valence-electron chi connectivity index (χ4n) is 1.60. The number of rotatable bonds is 3. The molecule has 1 heterocycles. The summed E-state index contributed by atoms with van der Waals surface area (Å²) in [5.41, 5.74) is 9.02. The highest BCUT2D eigenvalue weighted by Crippen LogP contribution is 2.13. The summed E-state index contributed by atoms with van der Waals surface area (Å²) in [6.45, 7) is 4.42. The molecular formula is C13H15N3O. The second kappa shape index (κ2) is 4.93. The minimum atomic E-state index is 0.268. The highest BCUT2D eigenvalue weighted by atomic mass is 16.5. The van der Waals surface area contributed by atoms with E-state index in [2.05, 4.69) is 42.2 Å². The molecular weight excluding hydrogens is 214 g/mol. The van der Waals surface area contributed by atoms with Crippen LogP contribution >= 0.6 is 0 Å². The Labute approximate surface area is 100 Å². The largest absolute Gasteiger partial charge is 0.338 e. The van der Waals surface area contributed by atoms with E-state index in [0.29, 0.717) is 11.7 Å². The molecule has 0 fully saturated rings. The van der Waals surface area contributed by atoms with Gasteiger partial charge in [0.05, 0.1) is 6.54 Å². The van der Waals surface area contributed by atoms with E-state index in [1.54, 1.807) is 0 Å². The van der Waals surface area contributed by atoms with E-state index >= 15 is 0 Å². The normalized spacial score (nSPS) is 11.2. The number of hydrogen-bond donors (Lipinski definition) is 1. The van der Waals surface area contributed by atoms with Crippen molar-refractivity contribution in [2.75, 3.05) is 0 Å². The maximum absolute atomic E-state index is 5.39. The van der Waals surface area contributed by atoms with Crippen LogP contribution in [0.25, 0.3) is 12.2 Å². The van der Waals surface area contributed by atoms with E-state index in [1.165, 1.54) is 11.1 Å². The van der Waals surface area contributed by atoms with Gasteiger partial charge >= 0.3 is 0 Å². The minimum Gasteiger partial charge on any atom is -0.338 e. The van der Waals surface area contributed by atoms with Crippen molar-refractivity contribution in [2.45, 2.75) is 20.4 Å². The Balaban J connectivity index is 2.19. The van der Waals surface area contributed by atoms with Crippen molar-refractivity contribution in [3.8, 4) is 0 Å². The number of hydrogen-bond acceptors (Lipinski definition) is 4. The van der Waals surface area contributed by atoms with Gasteiger partial charge in [0, 0.05) is 0 Å². The summed E-state index contributed by atoms with van der Waals surface area (Å²) in [6, 6.07) is 6.29. The molecule has 0 radical (unpaired) electrons. The van der Waals surface area contributed by atoms with E-state index < -0.39 is 0 Å². The lowest BCUT2D eigenvalue weighted by molar-refractivity contribution is 0.378. The average Bonchev–Trinajstić information content (AvgIpc) is 2.76. The van der Waals surface area contributed by atoms with Gasteiger partial charge in [0.15, 0.2) is 5.82 Å². The van der Waals surface area contributed by atoms with E-state index in [4.69, 9.17) is 10.3 Å². The van der Waals surface area contributed by atoms with Crippen molar-refractivity contribution < 1.29 is 4.52 Å². The zero-order chi connectivity index (χ0) is 12.3. The molecule has 0 amide bonds. The minimum absolute atomic E-state index is 0.268. The summed E-state index contributed by atoms with van der Waals surface area (Å²) in [6.07, 6.45) is 3.79. The van der Waals surface area contributed by atoms with Gasteiger partial charge in [-0.05, 0) is 31.1 Å². The van der Waals surface area contributed by atoms with Crippen LogP contribution in [0.3, 0.4) is 0 Å². The summed E-state index contributed by atoms with van der Waals surface area (Å²) in [5.74, 6) is 0.996. The van der Waals surface area contributed by atoms with Gasteiger partial charge in [0.1, 0.15) is 0 Å². The molecule has 0 atom stereocenters. The van der Waals surface area contributed by atoms with Gasteiger partial charge in [-0.1, -0.05) is 35.0 Å². The first-order chi connectivity index (χ1) is 8.19. The monoisotopic (exact) mass is 229 g/mol. The van der Waals surface area contributed by atoms with Crippen LogP contribution in [0.5, 0.6) is 0 Å². The van der Waals surface area contributed by atoms with Crippen molar-refractivity contribution in [2.24, 2.45) is 5.73 Å². The van der Waals surface area contributed by atoms with Gasteiger partial charge < -0.3 is 10.3 Å². The Kier molecular flexibility index (Phi) is 3.35. The van der Waals surface area contributed by atoms with Crippen molar-refractivity contribution in [3.63, 3.8) is 0 Å². The van der Waals surface area contributed by atoms with Crippen LogP contribution < -0.4 is 5.73 Å². The van der Waals surface area contributed by atoms with Crippen LogP contribution in [0.15, 0.2) is 22.7 Å². The van der Waals surface area contributed by atoms with E-state index in [9.17, 15) is 0 Å². The first kappa shape index (κ1) is 11.5.